The van der Waals surface area contributed by atoms with Gasteiger partial charge in [-0.2, -0.15) is 0 Å². The van der Waals surface area contributed by atoms with E-state index in [1.807, 2.05) is 0 Å². The number of carbonyl (C=O) groups excluding carboxylic acids is 1. The summed E-state index contributed by atoms with van der Waals surface area (Å²) in [5.41, 5.74) is -0.268. The summed E-state index contributed by atoms with van der Waals surface area (Å²) in [5.74, 6) is 0.0710. The number of hydrogen-bond acceptors (Lipinski definition) is 2. The zero-order chi connectivity index (χ0) is 25.2. The molecular weight excluding hydrogens is 416 g/mol. The zero-order valence-corrected chi connectivity index (χ0v) is 24.2. The van der Waals surface area contributed by atoms with E-state index in [2.05, 4.69) is 27.7 Å². The van der Waals surface area contributed by atoms with E-state index in [0.29, 0.717) is 6.61 Å². The Labute approximate surface area is 215 Å². The van der Waals surface area contributed by atoms with Gasteiger partial charge in [-0.25, -0.2) is 0 Å². The highest BCUT2D eigenvalue weighted by Gasteiger charge is 2.33. The average Bonchev–Trinajstić information content (AvgIpc) is 2.84. The normalized spacial score (nSPS) is 13.2. The standard InChI is InChI=1S/C32H64O2/c1-5-8-11-13-15-16-17-18-19-20-21-23-25-27-30-34-31(33)32(4,28-10-7-3)29-26-24-22-14-12-9-6-2/h5-30H2,1-4H3. The Morgan fingerprint density at radius 2 is 0.794 bits per heavy atom. The van der Waals surface area contributed by atoms with Crippen LogP contribution >= 0.6 is 0 Å². The predicted octanol–water partition coefficient (Wildman–Crippen LogP) is 11.3. The molecule has 0 radical (unpaired) electrons. The maximum absolute atomic E-state index is 12.9. The minimum atomic E-state index is -0.268. The molecule has 2 heteroatoms. The first-order valence-electron chi connectivity index (χ1n) is 15.8. The summed E-state index contributed by atoms with van der Waals surface area (Å²) < 4.78 is 5.78. The fourth-order valence-corrected chi connectivity index (χ4v) is 5.00. The Morgan fingerprint density at radius 1 is 0.471 bits per heavy atom. The minimum Gasteiger partial charge on any atom is -0.465 e. The molecular formula is C32H64O2. The summed E-state index contributed by atoms with van der Waals surface area (Å²) in [6.07, 6.45) is 32.4. The molecule has 0 spiro atoms. The molecule has 0 fully saturated rings. The lowest BCUT2D eigenvalue weighted by molar-refractivity contribution is -0.156. The zero-order valence-electron chi connectivity index (χ0n) is 24.2. The van der Waals surface area contributed by atoms with Crippen molar-refractivity contribution in [3.63, 3.8) is 0 Å². The molecule has 1 unspecified atom stereocenters. The topological polar surface area (TPSA) is 26.3 Å². The van der Waals surface area contributed by atoms with Crippen LogP contribution in [-0.2, 0) is 9.53 Å². The van der Waals surface area contributed by atoms with Gasteiger partial charge in [-0.3, -0.25) is 4.79 Å². The minimum absolute atomic E-state index is 0.0710. The Hall–Kier alpha value is -0.530. The van der Waals surface area contributed by atoms with Gasteiger partial charge in [0.1, 0.15) is 0 Å². The molecule has 34 heavy (non-hydrogen) atoms. The van der Waals surface area contributed by atoms with Crippen LogP contribution in [0.3, 0.4) is 0 Å². The van der Waals surface area contributed by atoms with E-state index in [0.717, 1.165) is 32.1 Å². The molecule has 0 aromatic carbocycles. The van der Waals surface area contributed by atoms with Crippen molar-refractivity contribution in [1.29, 1.82) is 0 Å². The molecule has 1 atom stereocenters. The van der Waals surface area contributed by atoms with Crippen molar-refractivity contribution in [2.24, 2.45) is 5.41 Å². The average molecular weight is 481 g/mol. The van der Waals surface area contributed by atoms with Crippen LogP contribution in [0.5, 0.6) is 0 Å². The molecule has 0 amide bonds. The van der Waals surface area contributed by atoms with Gasteiger partial charge in [0.2, 0.25) is 0 Å². The van der Waals surface area contributed by atoms with Crippen molar-refractivity contribution in [3.05, 3.63) is 0 Å². The molecule has 0 saturated heterocycles. The predicted molar refractivity (Wildman–Crippen MR) is 152 cm³/mol. The van der Waals surface area contributed by atoms with E-state index < -0.39 is 0 Å². The van der Waals surface area contributed by atoms with Crippen LogP contribution in [0.1, 0.15) is 188 Å². The van der Waals surface area contributed by atoms with Crippen LogP contribution in [0.25, 0.3) is 0 Å². The van der Waals surface area contributed by atoms with Gasteiger partial charge in [-0.1, -0.05) is 162 Å². The van der Waals surface area contributed by atoms with E-state index in [1.54, 1.807) is 0 Å². The molecule has 0 rings (SSSR count). The summed E-state index contributed by atoms with van der Waals surface area (Å²) in [5, 5.41) is 0. The fourth-order valence-electron chi connectivity index (χ4n) is 5.00. The van der Waals surface area contributed by atoms with Crippen LogP contribution in [0.15, 0.2) is 0 Å². The van der Waals surface area contributed by atoms with E-state index >= 15 is 0 Å². The Kier molecular flexibility index (Phi) is 25.2. The number of rotatable bonds is 27. The van der Waals surface area contributed by atoms with Gasteiger partial charge >= 0.3 is 5.97 Å². The van der Waals surface area contributed by atoms with Crippen LogP contribution in [0.4, 0.5) is 0 Å². The third-order valence-electron chi connectivity index (χ3n) is 7.64. The largest absolute Gasteiger partial charge is 0.465 e. The van der Waals surface area contributed by atoms with Gasteiger partial charge in [0.25, 0.3) is 0 Å². The third kappa shape index (κ3) is 20.8. The van der Waals surface area contributed by atoms with Crippen molar-refractivity contribution >= 4 is 5.97 Å². The number of unbranched alkanes of at least 4 members (excludes halogenated alkanes) is 20. The van der Waals surface area contributed by atoms with Crippen molar-refractivity contribution in [1.82, 2.24) is 0 Å². The van der Waals surface area contributed by atoms with Crippen molar-refractivity contribution in [2.45, 2.75) is 188 Å². The molecule has 0 aromatic rings. The number of ether oxygens (including phenoxy) is 1. The first kappa shape index (κ1) is 33.5. The van der Waals surface area contributed by atoms with Gasteiger partial charge in [-0.05, 0) is 26.2 Å². The first-order valence-corrected chi connectivity index (χ1v) is 15.8. The van der Waals surface area contributed by atoms with Gasteiger partial charge in [0.05, 0.1) is 12.0 Å². The summed E-state index contributed by atoms with van der Waals surface area (Å²) in [6.45, 7) is 9.55. The smallest absolute Gasteiger partial charge is 0.311 e. The highest BCUT2D eigenvalue weighted by Crippen LogP contribution is 2.32. The summed E-state index contributed by atoms with van der Waals surface area (Å²) in [6, 6.07) is 0. The molecule has 0 bridgehead atoms. The second-order valence-electron chi connectivity index (χ2n) is 11.3. The first-order chi connectivity index (χ1) is 16.6. The lowest BCUT2D eigenvalue weighted by atomic mass is 9.80. The fraction of sp³-hybridized carbons (Fsp3) is 0.969. The molecule has 204 valence electrons. The van der Waals surface area contributed by atoms with E-state index in [4.69, 9.17) is 4.74 Å². The van der Waals surface area contributed by atoms with Crippen LogP contribution < -0.4 is 0 Å². The molecule has 0 aliphatic heterocycles. The maximum atomic E-state index is 12.9. The molecule has 0 saturated carbocycles. The molecule has 0 aliphatic carbocycles. The lowest BCUT2D eigenvalue weighted by Gasteiger charge is -2.27. The van der Waals surface area contributed by atoms with Gasteiger partial charge in [-0.15, -0.1) is 0 Å². The molecule has 0 N–H and O–H groups in total. The molecule has 2 nitrogen and oxygen atoms in total. The van der Waals surface area contributed by atoms with Gasteiger partial charge in [0, 0.05) is 0 Å². The van der Waals surface area contributed by atoms with Gasteiger partial charge < -0.3 is 4.74 Å². The molecule has 0 heterocycles. The van der Waals surface area contributed by atoms with Crippen molar-refractivity contribution < 1.29 is 9.53 Å². The SMILES string of the molecule is CCCCCCCCCCCCCCCCOC(=O)C(C)(CCCC)CCCCCCCCC. The molecule has 0 aromatic heterocycles. The number of esters is 1. The number of hydrogen-bond donors (Lipinski definition) is 0. The quantitative estimate of drug-likeness (QED) is 0.0862. The highest BCUT2D eigenvalue weighted by atomic mass is 16.5. The van der Waals surface area contributed by atoms with Crippen LogP contribution in [0, 0.1) is 5.41 Å². The lowest BCUT2D eigenvalue weighted by Crippen LogP contribution is -2.30. The van der Waals surface area contributed by atoms with Crippen molar-refractivity contribution in [2.75, 3.05) is 6.61 Å². The Balaban J connectivity index is 3.76. The Morgan fingerprint density at radius 3 is 1.21 bits per heavy atom. The van der Waals surface area contributed by atoms with E-state index in [9.17, 15) is 4.79 Å². The van der Waals surface area contributed by atoms with Crippen LogP contribution in [0.2, 0.25) is 0 Å². The number of carbonyl (C=O) groups is 1. The highest BCUT2D eigenvalue weighted by molar-refractivity contribution is 5.76. The summed E-state index contributed by atoms with van der Waals surface area (Å²) >= 11 is 0. The van der Waals surface area contributed by atoms with E-state index in [1.165, 1.54) is 128 Å². The summed E-state index contributed by atoms with van der Waals surface area (Å²) in [7, 11) is 0. The van der Waals surface area contributed by atoms with Gasteiger partial charge in [0.15, 0.2) is 0 Å². The van der Waals surface area contributed by atoms with Crippen LogP contribution in [-0.4, -0.2) is 12.6 Å². The van der Waals surface area contributed by atoms with E-state index in [-0.39, 0.29) is 11.4 Å². The second-order valence-corrected chi connectivity index (χ2v) is 11.3. The second kappa shape index (κ2) is 25.6. The Bertz CT molecular complexity index is 419. The monoisotopic (exact) mass is 480 g/mol. The third-order valence-corrected chi connectivity index (χ3v) is 7.64. The maximum Gasteiger partial charge on any atom is 0.311 e. The summed E-state index contributed by atoms with van der Waals surface area (Å²) in [4.78, 5) is 12.9. The van der Waals surface area contributed by atoms with Crippen molar-refractivity contribution in [3.8, 4) is 0 Å². The molecule has 0 aliphatic rings.